The predicted molar refractivity (Wildman–Crippen MR) is 115 cm³/mol. The van der Waals surface area contributed by atoms with Crippen LogP contribution >= 0.6 is 0 Å². The smallest absolute Gasteiger partial charge is 0.251 e. The summed E-state index contributed by atoms with van der Waals surface area (Å²) < 4.78 is 27.1. The lowest BCUT2D eigenvalue weighted by Gasteiger charge is -2.58. The minimum absolute atomic E-state index is 0.0618. The lowest BCUT2D eigenvalue weighted by atomic mass is 9.52. The van der Waals surface area contributed by atoms with Crippen molar-refractivity contribution in [3.05, 3.63) is 70.3 Å². The van der Waals surface area contributed by atoms with Crippen LogP contribution in [0.3, 0.4) is 0 Å². The van der Waals surface area contributed by atoms with E-state index in [-0.39, 0.29) is 17.5 Å². The van der Waals surface area contributed by atoms with E-state index in [1.807, 2.05) is 6.92 Å². The van der Waals surface area contributed by atoms with Crippen LogP contribution in [0.25, 0.3) is 0 Å². The minimum Gasteiger partial charge on any atom is -0.390 e. The maximum absolute atomic E-state index is 13.5. The number of hydrogen-bond donors (Lipinski definition) is 2. The number of rotatable bonds is 5. The number of carbonyl (C=O) groups excluding carboxylic acids is 2. The van der Waals surface area contributed by atoms with Crippen molar-refractivity contribution in [2.45, 2.75) is 57.1 Å². The first kappa shape index (κ1) is 21.3. The molecule has 2 unspecified atom stereocenters. The van der Waals surface area contributed by atoms with Gasteiger partial charge in [0.1, 0.15) is 11.6 Å². The van der Waals surface area contributed by atoms with Gasteiger partial charge >= 0.3 is 0 Å². The topological polar surface area (TPSA) is 66.4 Å². The normalized spacial score (nSPS) is 30.4. The molecule has 2 aromatic carbocycles. The number of ketones is 1. The Kier molecular flexibility index (Phi) is 5.16. The van der Waals surface area contributed by atoms with Gasteiger partial charge in [-0.05, 0) is 86.1 Å². The highest BCUT2D eigenvalue weighted by Gasteiger charge is 2.55. The summed E-state index contributed by atoms with van der Waals surface area (Å²) in [5, 5.41) is 14.0. The first-order chi connectivity index (χ1) is 15.2. The van der Waals surface area contributed by atoms with Gasteiger partial charge < -0.3 is 10.4 Å². The summed E-state index contributed by atoms with van der Waals surface area (Å²) in [5.41, 5.74) is 0.910. The highest BCUT2D eigenvalue weighted by molar-refractivity contribution is 6.09. The Morgan fingerprint density at radius 1 is 1.00 bits per heavy atom. The van der Waals surface area contributed by atoms with E-state index < -0.39 is 23.0 Å². The fourth-order valence-electron chi connectivity index (χ4n) is 6.55. The number of aliphatic hydroxyl groups is 1. The number of nitrogens with one attached hydrogen (secondary N) is 1. The van der Waals surface area contributed by atoms with Crippen molar-refractivity contribution in [2.24, 2.45) is 17.8 Å². The average Bonchev–Trinajstić information content (AvgIpc) is 2.73. The molecule has 0 saturated heterocycles. The van der Waals surface area contributed by atoms with Crippen LogP contribution in [0.2, 0.25) is 0 Å². The molecule has 4 nitrogen and oxygen atoms in total. The van der Waals surface area contributed by atoms with Crippen LogP contribution in [-0.2, 0) is 6.42 Å². The molecule has 4 fully saturated rings. The Morgan fingerprint density at radius 2 is 1.66 bits per heavy atom. The Morgan fingerprint density at radius 3 is 2.25 bits per heavy atom. The highest BCUT2D eigenvalue weighted by atomic mass is 19.1. The van der Waals surface area contributed by atoms with Gasteiger partial charge in [0, 0.05) is 28.8 Å². The summed E-state index contributed by atoms with van der Waals surface area (Å²) in [6.07, 6.45) is 5.06. The molecular weight excluding hydrogens is 412 g/mol. The average molecular weight is 440 g/mol. The Balaban J connectivity index is 1.36. The van der Waals surface area contributed by atoms with Gasteiger partial charge in [0.25, 0.3) is 5.91 Å². The third kappa shape index (κ3) is 3.75. The van der Waals surface area contributed by atoms with E-state index in [1.165, 1.54) is 0 Å². The van der Waals surface area contributed by atoms with E-state index in [1.54, 1.807) is 18.2 Å². The second-order valence-corrected chi connectivity index (χ2v) is 9.91. The molecule has 4 saturated carbocycles. The quantitative estimate of drug-likeness (QED) is 0.678. The van der Waals surface area contributed by atoms with Crippen LogP contribution in [0.5, 0.6) is 0 Å². The molecule has 0 heterocycles. The molecule has 2 N–H and O–H groups in total. The second kappa shape index (κ2) is 7.77. The van der Waals surface area contributed by atoms with Gasteiger partial charge in [0.15, 0.2) is 5.78 Å². The van der Waals surface area contributed by atoms with E-state index in [4.69, 9.17) is 0 Å². The number of benzene rings is 2. The third-order valence-corrected chi connectivity index (χ3v) is 7.66. The zero-order chi connectivity index (χ0) is 22.6. The number of amides is 1. The summed E-state index contributed by atoms with van der Waals surface area (Å²) >= 11 is 0. The Labute approximate surface area is 186 Å². The van der Waals surface area contributed by atoms with E-state index in [9.17, 15) is 23.5 Å². The van der Waals surface area contributed by atoms with Gasteiger partial charge in [-0.1, -0.05) is 13.0 Å². The van der Waals surface area contributed by atoms with Gasteiger partial charge in [-0.15, -0.1) is 0 Å². The zero-order valence-electron chi connectivity index (χ0n) is 18.0. The summed E-state index contributed by atoms with van der Waals surface area (Å²) in [6.45, 7) is 1.90. The van der Waals surface area contributed by atoms with Crippen LogP contribution in [0.15, 0.2) is 36.4 Å². The van der Waals surface area contributed by atoms with Crippen molar-refractivity contribution in [3.8, 4) is 0 Å². The van der Waals surface area contributed by atoms with Crippen LogP contribution in [0.4, 0.5) is 8.78 Å². The minimum atomic E-state index is -0.805. The monoisotopic (exact) mass is 439 g/mol. The molecule has 2 atom stereocenters. The van der Waals surface area contributed by atoms with Gasteiger partial charge in [-0.3, -0.25) is 9.59 Å². The molecule has 0 aliphatic heterocycles. The molecule has 2 aromatic rings. The van der Waals surface area contributed by atoms with Crippen molar-refractivity contribution in [1.29, 1.82) is 0 Å². The van der Waals surface area contributed by atoms with Crippen molar-refractivity contribution in [3.63, 3.8) is 0 Å². The van der Waals surface area contributed by atoms with Crippen molar-refractivity contribution in [2.75, 3.05) is 0 Å². The van der Waals surface area contributed by atoms with Crippen molar-refractivity contribution >= 4 is 11.7 Å². The second-order valence-electron chi connectivity index (χ2n) is 9.91. The number of aryl methyl sites for hydroxylation is 1. The number of carbonyl (C=O) groups is 2. The van der Waals surface area contributed by atoms with E-state index in [0.717, 1.165) is 50.3 Å². The molecule has 6 rings (SSSR count). The van der Waals surface area contributed by atoms with Crippen molar-refractivity contribution < 1.29 is 23.5 Å². The number of halogens is 2. The Bertz CT molecular complexity index is 1060. The molecule has 4 aliphatic carbocycles. The first-order valence-corrected chi connectivity index (χ1v) is 11.4. The lowest BCUT2D eigenvalue weighted by Crippen LogP contribution is -2.61. The van der Waals surface area contributed by atoms with E-state index >= 15 is 0 Å². The fourth-order valence-corrected chi connectivity index (χ4v) is 6.55. The largest absolute Gasteiger partial charge is 0.390 e. The predicted octanol–water partition coefficient (Wildman–Crippen LogP) is 4.43. The first-order valence-electron chi connectivity index (χ1n) is 11.4. The van der Waals surface area contributed by atoms with Gasteiger partial charge in [0.2, 0.25) is 0 Å². The molecule has 6 heteroatoms. The summed E-state index contributed by atoms with van der Waals surface area (Å²) in [4.78, 5) is 25.9. The molecule has 4 aliphatic rings. The zero-order valence-corrected chi connectivity index (χ0v) is 18.0. The molecule has 0 radical (unpaired) electrons. The third-order valence-electron chi connectivity index (χ3n) is 7.66. The highest BCUT2D eigenvalue weighted by Crippen LogP contribution is 2.55. The molecule has 0 spiro atoms. The van der Waals surface area contributed by atoms with Gasteiger partial charge in [-0.2, -0.15) is 0 Å². The Hall–Kier alpha value is -2.60. The maximum atomic E-state index is 13.5. The van der Waals surface area contributed by atoms with E-state index in [2.05, 4.69) is 5.32 Å². The van der Waals surface area contributed by atoms with Gasteiger partial charge in [-0.25, -0.2) is 8.78 Å². The molecule has 32 heavy (non-hydrogen) atoms. The van der Waals surface area contributed by atoms with Crippen molar-refractivity contribution in [1.82, 2.24) is 5.32 Å². The SMILES string of the molecule is CCc1cc(C(=O)c2cc(F)cc(F)c2)ccc1C(=O)NC1C2CC3CC1CC(O)(C3)C2. The van der Waals surface area contributed by atoms with Crippen LogP contribution in [0.1, 0.15) is 70.9 Å². The molecular formula is C26H27F2NO3. The fraction of sp³-hybridized carbons (Fsp3) is 0.462. The summed E-state index contributed by atoms with van der Waals surface area (Å²) in [5.74, 6) is -1.08. The summed E-state index contributed by atoms with van der Waals surface area (Å²) in [6, 6.07) is 7.63. The molecule has 168 valence electrons. The maximum Gasteiger partial charge on any atom is 0.251 e. The lowest BCUT2D eigenvalue weighted by molar-refractivity contribution is -0.136. The van der Waals surface area contributed by atoms with Crippen LogP contribution < -0.4 is 5.32 Å². The van der Waals surface area contributed by atoms with Gasteiger partial charge in [0.05, 0.1) is 5.60 Å². The molecule has 1 amide bonds. The summed E-state index contributed by atoms with van der Waals surface area (Å²) in [7, 11) is 0. The van der Waals surface area contributed by atoms with E-state index in [0.29, 0.717) is 40.9 Å². The molecule has 0 aromatic heterocycles. The number of hydrogen-bond acceptors (Lipinski definition) is 3. The standard InChI is InChI=1S/C26H27F2NO3/c1-2-15-7-16(24(30)17-8-20(27)10-21(28)9-17)3-4-22(15)25(31)29-23-18-5-14-6-19(23)13-26(32,11-14)12-18/h3-4,7-10,14,18-19,23,32H,2,5-6,11-13H2,1H3,(H,29,31). The molecule has 4 bridgehead atoms. The van der Waals surface area contributed by atoms with Crippen LogP contribution in [0, 0.1) is 29.4 Å². The van der Waals surface area contributed by atoms with Crippen LogP contribution in [-0.4, -0.2) is 28.4 Å².